The van der Waals surface area contributed by atoms with Crippen molar-refractivity contribution >= 4 is 0 Å². The van der Waals surface area contributed by atoms with E-state index in [1.807, 2.05) is 39.1 Å². The molecule has 1 atom stereocenters. The van der Waals surface area contributed by atoms with E-state index < -0.39 is 0 Å². The van der Waals surface area contributed by atoms with Crippen LogP contribution in [0.2, 0.25) is 0 Å². The molecule has 0 saturated carbocycles. The predicted molar refractivity (Wildman–Crippen MR) is 77.8 cm³/mol. The van der Waals surface area contributed by atoms with Gasteiger partial charge in [0.15, 0.2) is 0 Å². The third-order valence-electron chi connectivity index (χ3n) is 3.54. The van der Waals surface area contributed by atoms with E-state index in [-0.39, 0.29) is 11.9 Å². The van der Waals surface area contributed by atoms with Crippen LogP contribution in [0.25, 0.3) is 0 Å². The fourth-order valence-electron chi connectivity index (χ4n) is 2.67. The highest BCUT2D eigenvalue weighted by atomic mass is 19.1. The van der Waals surface area contributed by atoms with Gasteiger partial charge in [0.25, 0.3) is 0 Å². The molecule has 100 valence electrons. The second-order valence-corrected chi connectivity index (χ2v) is 4.98. The van der Waals surface area contributed by atoms with Crippen molar-refractivity contribution in [1.29, 1.82) is 0 Å². The molecule has 0 aromatic heterocycles. The average Bonchev–Trinajstić information content (AvgIpc) is 2.37. The summed E-state index contributed by atoms with van der Waals surface area (Å²) >= 11 is 0. The van der Waals surface area contributed by atoms with Crippen LogP contribution in [0.1, 0.15) is 28.3 Å². The Morgan fingerprint density at radius 1 is 1.05 bits per heavy atom. The lowest BCUT2D eigenvalue weighted by atomic mass is 9.92. The smallest absolute Gasteiger partial charge is 0.123 e. The zero-order chi connectivity index (χ0) is 13.8. The number of halogens is 1. The first kappa shape index (κ1) is 13.8. The summed E-state index contributed by atoms with van der Waals surface area (Å²) in [5.41, 5.74) is 4.50. The van der Waals surface area contributed by atoms with Gasteiger partial charge >= 0.3 is 0 Å². The number of likely N-dealkylation sites (N-methyl/N-ethyl adjacent to an activating group) is 1. The molecule has 0 aliphatic carbocycles. The van der Waals surface area contributed by atoms with Crippen LogP contribution in [-0.4, -0.2) is 7.05 Å². The molecule has 2 aromatic rings. The van der Waals surface area contributed by atoms with Crippen molar-refractivity contribution in [3.63, 3.8) is 0 Å². The van der Waals surface area contributed by atoms with Gasteiger partial charge in [0.05, 0.1) is 0 Å². The first-order chi connectivity index (χ1) is 9.11. The number of benzene rings is 2. The Bertz CT molecular complexity index is 525. The van der Waals surface area contributed by atoms with E-state index in [4.69, 9.17) is 0 Å². The molecule has 1 unspecified atom stereocenters. The predicted octanol–water partition coefficient (Wildman–Crippen LogP) is 3.95. The Morgan fingerprint density at radius 2 is 1.63 bits per heavy atom. The van der Waals surface area contributed by atoms with Crippen molar-refractivity contribution in [3.8, 4) is 0 Å². The van der Waals surface area contributed by atoms with Crippen molar-refractivity contribution in [1.82, 2.24) is 5.32 Å². The number of nitrogens with one attached hydrogen (secondary N) is 1. The highest BCUT2D eigenvalue weighted by Crippen LogP contribution is 2.25. The summed E-state index contributed by atoms with van der Waals surface area (Å²) in [6.07, 6.45) is 0.907. The molecule has 0 radical (unpaired) electrons. The standard InChI is InChI=1S/C17H20FN/c1-12-9-15(18)10-13(2)17(12)16(19-3)11-14-7-5-4-6-8-14/h4-10,16,19H,11H2,1-3H3. The van der Waals surface area contributed by atoms with Gasteiger partial charge < -0.3 is 5.32 Å². The lowest BCUT2D eigenvalue weighted by molar-refractivity contribution is 0.578. The fourth-order valence-corrected chi connectivity index (χ4v) is 2.67. The maximum Gasteiger partial charge on any atom is 0.123 e. The van der Waals surface area contributed by atoms with Gasteiger partial charge in [0.2, 0.25) is 0 Å². The second-order valence-electron chi connectivity index (χ2n) is 4.98. The molecule has 1 N–H and O–H groups in total. The number of aryl methyl sites for hydroxylation is 2. The molecule has 0 bridgehead atoms. The van der Waals surface area contributed by atoms with Gasteiger partial charge in [-0.3, -0.25) is 0 Å². The number of hydrogen-bond acceptors (Lipinski definition) is 1. The van der Waals surface area contributed by atoms with Crippen LogP contribution in [-0.2, 0) is 6.42 Å². The van der Waals surface area contributed by atoms with Gasteiger partial charge in [0.1, 0.15) is 5.82 Å². The summed E-state index contributed by atoms with van der Waals surface area (Å²) < 4.78 is 13.4. The Hall–Kier alpha value is -1.67. The molecule has 19 heavy (non-hydrogen) atoms. The number of rotatable bonds is 4. The molecule has 0 amide bonds. The minimum absolute atomic E-state index is 0.159. The van der Waals surface area contributed by atoms with Gasteiger partial charge in [-0.15, -0.1) is 0 Å². The Kier molecular flexibility index (Phi) is 4.33. The first-order valence-electron chi connectivity index (χ1n) is 6.59. The molecule has 0 spiro atoms. The van der Waals surface area contributed by atoms with Crippen LogP contribution >= 0.6 is 0 Å². The highest BCUT2D eigenvalue weighted by molar-refractivity contribution is 5.38. The average molecular weight is 257 g/mol. The summed E-state index contributed by atoms with van der Waals surface area (Å²) in [4.78, 5) is 0. The SMILES string of the molecule is CNC(Cc1ccccc1)c1c(C)cc(F)cc1C. The molecule has 0 fully saturated rings. The molecule has 0 aliphatic heterocycles. The summed E-state index contributed by atoms with van der Waals surface area (Å²) in [5.74, 6) is -0.159. The van der Waals surface area contributed by atoms with E-state index >= 15 is 0 Å². The topological polar surface area (TPSA) is 12.0 Å². The Morgan fingerprint density at radius 3 is 2.16 bits per heavy atom. The summed E-state index contributed by atoms with van der Waals surface area (Å²) in [7, 11) is 1.95. The lowest BCUT2D eigenvalue weighted by Gasteiger charge is -2.21. The van der Waals surface area contributed by atoms with E-state index in [0.29, 0.717) is 0 Å². The third-order valence-corrected chi connectivity index (χ3v) is 3.54. The summed E-state index contributed by atoms with van der Waals surface area (Å²) in [6.45, 7) is 3.95. The van der Waals surface area contributed by atoms with Crippen molar-refractivity contribution in [2.75, 3.05) is 7.05 Å². The molecule has 2 aromatic carbocycles. The van der Waals surface area contributed by atoms with Crippen molar-refractivity contribution in [3.05, 3.63) is 70.5 Å². The number of hydrogen-bond donors (Lipinski definition) is 1. The van der Waals surface area contributed by atoms with E-state index in [9.17, 15) is 4.39 Å². The van der Waals surface area contributed by atoms with Crippen molar-refractivity contribution in [2.24, 2.45) is 0 Å². The Balaban J connectivity index is 2.32. The largest absolute Gasteiger partial charge is 0.313 e. The second kappa shape index (κ2) is 5.98. The quantitative estimate of drug-likeness (QED) is 0.874. The van der Waals surface area contributed by atoms with E-state index in [0.717, 1.165) is 17.5 Å². The zero-order valence-electron chi connectivity index (χ0n) is 11.7. The minimum atomic E-state index is -0.159. The molecular formula is C17H20FN. The fraction of sp³-hybridized carbons (Fsp3) is 0.294. The van der Waals surface area contributed by atoms with Crippen LogP contribution in [0, 0.1) is 19.7 Å². The van der Waals surface area contributed by atoms with Crippen molar-refractivity contribution < 1.29 is 4.39 Å². The summed E-state index contributed by atoms with van der Waals surface area (Å²) in [6, 6.07) is 13.8. The third kappa shape index (κ3) is 3.21. The van der Waals surface area contributed by atoms with E-state index in [1.54, 1.807) is 12.1 Å². The van der Waals surface area contributed by atoms with E-state index in [1.165, 1.54) is 11.1 Å². The van der Waals surface area contributed by atoms with Gasteiger partial charge in [-0.2, -0.15) is 0 Å². The monoisotopic (exact) mass is 257 g/mol. The lowest BCUT2D eigenvalue weighted by Crippen LogP contribution is -2.21. The molecule has 1 nitrogen and oxygen atoms in total. The van der Waals surface area contributed by atoms with E-state index in [2.05, 4.69) is 17.4 Å². The maximum atomic E-state index is 13.4. The van der Waals surface area contributed by atoms with Crippen LogP contribution in [0.3, 0.4) is 0 Å². The molecule has 2 heteroatoms. The zero-order valence-corrected chi connectivity index (χ0v) is 11.7. The molecule has 2 rings (SSSR count). The molecule has 0 saturated heterocycles. The van der Waals surface area contributed by atoms with Gasteiger partial charge in [-0.25, -0.2) is 4.39 Å². The molecular weight excluding hydrogens is 237 g/mol. The van der Waals surface area contributed by atoms with Crippen LogP contribution < -0.4 is 5.32 Å². The minimum Gasteiger partial charge on any atom is -0.313 e. The molecule has 0 heterocycles. The normalized spacial score (nSPS) is 12.4. The Labute approximate surface area is 114 Å². The van der Waals surface area contributed by atoms with Gasteiger partial charge in [0, 0.05) is 6.04 Å². The van der Waals surface area contributed by atoms with Crippen LogP contribution in [0.4, 0.5) is 4.39 Å². The van der Waals surface area contributed by atoms with Gasteiger partial charge in [-0.1, -0.05) is 30.3 Å². The molecule has 0 aliphatic rings. The van der Waals surface area contributed by atoms with Crippen LogP contribution in [0.5, 0.6) is 0 Å². The van der Waals surface area contributed by atoms with Crippen LogP contribution in [0.15, 0.2) is 42.5 Å². The maximum absolute atomic E-state index is 13.4. The van der Waals surface area contributed by atoms with Gasteiger partial charge in [-0.05, 0) is 61.7 Å². The highest BCUT2D eigenvalue weighted by Gasteiger charge is 2.15. The van der Waals surface area contributed by atoms with Crippen molar-refractivity contribution in [2.45, 2.75) is 26.3 Å². The first-order valence-corrected chi connectivity index (χ1v) is 6.59. The summed E-state index contributed by atoms with van der Waals surface area (Å²) in [5, 5.41) is 3.35.